The predicted molar refractivity (Wildman–Crippen MR) is 110 cm³/mol. The van der Waals surface area contributed by atoms with E-state index < -0.39 is 4.92 Å². The minimum atomic E-state index is -0.422. The number of hydrogen-bond acceptors (Lipinski definition) is 5. The van der Waals surface area contributed by atoms with Crippen LogP contribution in [-0.2, 0) is 4.79 Å². The Hall–Kier alpha value is -1.86. The van der Waals surface area contributed by atoms with Crippen LogP contribution in [0, 0.1) is 15.5 Å². The average molecular weight is 412 g/mol. The van der Waals surface area contributed by atoms with Crippen molar-refractivity contribution in [2.75, 3.05) is 19.6 Å². The normalized spacial score (nSPS) is 19.5. The Balaban J connectivity index is 0.00000280. The predicted octanol–water partition coefficient (Wildman–Crippen LogP) is 3.69. The highest BCUT2D eigenvalue weighted by Gasteiger charge is 2.35. The fraction of sp³-hybridized carbons (Fsp3) is 0.650. The van der Waals surface area contributed by atoms with Crippen molar-refractivity contribution in [3.63, 3.8) is 0 Å². The molecule has 1 aromatic rings. The maximum absolute atomic E-state index is 12.8. The molecule has 0 radical (unpaired) electrons. The van der Waals surface area contributed by atoms with Gasteiger partial charge in [0.15, 0.2) is 0 Å². The second-order valence-electron chi connectivity index (χ2n) is 7.89. The molecule has 8 heteroatoms. The molecule has 1 saturated carbocycles. The summed E-state index contributed by atoms with van der Waals surface area (Å²) in [7, 11) is 0. The number of non-ortho nitro benzene ring substituents is 1. The lowest BCUT2D eigenvalue weighted by Crippen LogP contribution is -2.45. The summed E-state index contributed by atoms with van der Waals surface area (Å²) in [5.41, 5.74) is 6.08. The molecule has 1 aliphatic heterocycles. The molecule has 0 atom stereocenters. The van der Waals surface area contributed by atoms with Crippen LogP contribution in [0.1, 0.15) is 51.4 Å². The first-order chi connectivity index (χ1) is 13.0. The maximum Gasteiger partial charge on any atom is 0.269 e. The summed E-state index contributed by atoms with van der Waals surface area (Å²) in [4.78, 5) is 25.0. The molecule has 7 nitrogen and oxygen atoms in total. The summed E-state index contributed by atoms with van der Waals surface area (Å²) in [6.07, 6.45) is 7.89. The van der Waals surface area contributed by atoms with Gasteiger partial charge in [-0.2, -0.15) is 0 Å². The first-order valence-corrected chi connectivity index (χ1v) is 9.90. The number of halogens is 1. The van der Waals surface area contributed by atoms with E-state index in [4.69, 9.17) is 10.5 Å². The van der Waals surface area contributed by atoms with Crippen LogP contribution in [0.25, 0.3) is 0 Å². The van der Waals surface area contributed by atoms with Crippen molar-refractivity contribution in [3.8, 4) is 5.75 Å². The van der Waals surface area contributed by atoms with Gasteiger partial charge in [-0.3, -0.25) is 14.9 Å². The van der Waals surface area contributed by atoms with E-state index >= 15 is 0 Å². The Kier molecular flexibility index (Phi) is 8.07. The Morgan fingerprint density at radius 2 is 1.79 bits per heavy atom. The molecule has 1 saturated heterocycles. The van der Waals surface area contributed by atoms with Gasteiger partial charge in [-0.05, 0) is 36.9 Å². The number of nitro benzene ring substituents is 1. The van der Waals surface area contributed by atoms with Crippen LogP contribution < -0.4 is 10.5 Å². The van der Waals surface area contributed by atoms with Gasteiger partial charge in [-0.25, -0.2) is 0 Å². The van der Waals surface area contributed by atoms with Crippen molar-refractivity contribution in [1.29, 1.82) is 0 Å². The van der Waals surface area contributed by atoms with Gasteiger partial charge in [0, 0.05) is 44.5 Å². The van der Waals surface area contributed by atoms with Gasteiger partial charge in [0.1, 0.15) is 11.9 Å². The summed E-state index contributed by atoms with van der Waals surface area (Å²) >= 11 is 0. The molecule has 2 aliphatic rings. The lowest BCUT2D eigenvalue weighted by atomic mass is 9.71. The summed E-state index contributed by atoms with van der Waals surface area (Å²) in [6.45, 7) is 1.98. The molecule has 0 bridgehead atoms. The van der Waals surface area contributed by atoms with Crippen molar-refractivity contribution >= 4 is 24.0 Å². The zero-order chi connectivity index (χ0) is 19.3. The zero-order valence-corrected chi connectivity index (χ0v) is 17.0. The lowest BCUT2D eigenvalue weighted by molar-refractivity contribution is -0.384. The number of benzene rings is 1. The topological polar surface area (TPSA) is 98.7 Å². The average Bonchev–Trinajstić information content (AvgIpc) is 2.69. The van der Waals surface area contributed by atoms with Crippen molar-refractivity contribution in [1.82, 2.24) is 4.90 Å². The third kappa shape index (κ3) is 5.58. The number of amides is 1. The molecule has 28 heavy (non-hydrogen) atoms. The number of likely N-dealkylation sites (tertiary alicyclic amines) is 1. The highest BCUT2D eigenvalue weighted by atomic mass is 35.5. The lowest BCUT2D eigenvalue weighted by Gasteiger charge is -2.39. The number of nitro groups is 1. The first kappa shape index (κ1) is 22.4. The van der Waals surface area contributed by atoms with Crippen molar-refractivity contribution < 1.29 is 14.5 Å². The molecule has 0 aromatic heterocycles. The SMILES string of the molecule is Cl.NCC1(CC(=O)N2CCC(Oc3ccc([N+](=O)[O-])cc3)CC2)CCCCC1. The van der Waals surface area contributed by atoms with Gasteiger partial charge in [0.2, 0.25) is 5.91 Å². The molecule has 0 unspecified atom stereocenters. The van der Waals surface area contributed by atoms with Crippen LogP contribution in [0.3, 0.4) is 0 Å². The van der Waals surface area contributed by atoms with Crippen molar-refractivity contribution in [2.45, 2.75) is 57.5 Å². The third-order valence-corrected chi connectivity index (χ3v) is 6.02. The second-order valence-corrected chi connectivity index (χ2v) is 7.89. The minimum absolute atomic E-state index is 0. The minimum Gasteiger partial charge on any atom is -0.490 e. The highest BCUT2D eigenvalue weighted by molar-refractivity contribution is 5.85. The number of hydrogen-bond donors (Lipinski definition) is 1. The van der Waals surface area contributed by atoms with Crippen molar-refractivity contribution in [2.24, 2.45) is 11.1 Å². The molecule has 1 amide bonds. The number of carbonyl (C=O) groups excluding carboxylic acids is 1. The molecule has 3 rings (SSSR count). The van der Waals surface area contributed by atoms with E-state index in [0.29, 0.717) is 31.8 Å². The van der Waals surface area contributed by atoms with Gasteiger partial charge >= 0.3 is 0 Å². The Morgan fingerprint density at radius 3 is 2.32 bits per heavy atom. The molecule has 0 spiro atoms. The number of nitrogens with two attached hydrogens (primary N) is 1. The smallest absolute Gasteiger partial charge is 0.269 e. The largest absolute Gasteiger partial charge is 0.490 e. The number of ether oxygens (including phenoxy) is 1. The zero-order valence-electron chi connectivity index (χ0n) is 16.2. The van der Waals surface area contributed by atoms with E-state index in [9.17, 15) is 14.9 Å². The molecule has 156 valence electrons. The van der Waals surface area contributed by atoms with Crippen LogP contribution in [0.2, 0.25) is 0 Å². The Bertz CT molecular complexity index is 654. The molecule has 2 N–H and O–H groups in total. The van der Waals surface area contributed by atoms with Gasteiger partial charge in [-0.15, -0.1) is 12.4 Å². The van der Waals surface area contributed by atoms with E-state index in [1.54, 1.807) is 12.1 Å². The standard InChI is InChI=1S/C20H29N3O4.ClH/c21-15-20(10-2-1-3-11-20)14-19(24)22-12-8-18(9-13-22)27-17-6-4-16(5-7-17)23(25)26;/h4-7,18H,1-3,8-15,21H2;1H. The van der Waals surface area contributed by atoms with Crippen molar-refractivity contribution in [3.05, 3.63) is 34.4 Å². The maximum atomic E-state index is 12.8. The second kappa shape index (κ2) is 10.1. The first-order valence-electron chi connectivity index (χ1n) is 9.90. The number of nitrogens with zero attached hydrogens (tertiary/aromatic N) is 2. The van der Waals surface area contributed by atoms with E-state index in [0.717, 1.165) is 25.7 Å². The fourth-order valence-electron chi connectivity index (χ4n) is 4.25. The van der Waals surface area contributed by atoms with E-state index in [-0.39, 0.29) is 35.5 Å². The quantitative estimate of drug-likeness (QED) is 0.568. The van der Waals surface area contributed by atoms with Crippen LogP contribution in [0.15, 0.2) is 24.3 Å². The summed E-state index contributed by atoms with van der Waals surface area (Å²) in [6, 6.07) is 6.16. The Morgan fingerprint density at radius 1 is 1.18 bits per heavy atom. The molecule has 2 fully saturated rings. The number of carbonyl (C=O) groups is 1. The fourth-order valence-corrected chi connectivity index (χ4v) is 4.25. The highest BCUT2D eigenvalue weighted by Crippen LogP contribution is 2.39. The molecule has 1 aromatic carbocycles. The molecular formula is C20H30ClN3O4. The van der Waals surface area contributed by atoms with Gasteiger partial charge < -0.3 is 15.4 Å². The van der Waals surface area contributed by atoms with E-state index in [2.05, 4.69) is 0 Å². The molecule has 1 heterocycles. The van der Waals surface area contributed by atoms with Crippen LogP contribution >= 0.6 is 12.4 Å². The summed E-state index contributed by atoms with van der Waals surface area (Å²) in [5, 5.41) is 10.7. The number of piperidine rings is 1. The third-order valence-electron chi connectivity index (χ3n) is 6.02. The molecular weight excluding hydrogens is 382 g/mol. The van der Waals surface area contributed by atoms with Crippen LogP contribution in [0.4, 0.5) is 5.69 Å². The molecule has 1 aliphatic carbocycles. The number of rotatable bonds is 6. The van der Waals surface area contributed by atoms with E-state index in [1.807, 2.05) is 4.90 Å². The van der Waals surface area contributed by atoms with Gasteiger partial charge in [-0.1, -0.05) is 19.3 Å². The van der Waals surface area contributed by atoms with Crippen LogP contribution in [0.5, 0.6) is 5.75 Å². The van der Waals surface area contributed by atoms with Gasteiger partial charge in [0.05, 0.1) is 4.92 Å². The van der Waals surface area contributed by atoms with E-state index in [1.165, 1.54) is 31.4 Å². The Labute approximate surface area is 172 Å². The summed E-state index contributed by atoms with van der Waals surface area (Å²) in [5.74, 6) is 0.853. The summed E-state index contributed by atoms with van der Waals surface area (Å²) < 4.78 is 5.93. The van der Waals surface area contributed by atoms with Crippen LogP contribution in [-0.4, -0.2) is 41.5 Å². The monoisotopic (exact) mass is 411 g/mol. The van der Waals surface area contributed by atoms with Gasteiger partial charge in [0.25, 0.3) is 5.69 Å².